The third kappa shape index (κ3) is 4.55. The first-order valence-electron chi connectivity index (χ1n) is 9.98. The van der Waals surface area contributed by atoms with Crippen molar-refractivity contribution in [2.75, 3.05) is 19.6 Å². The predicted octanol–water partition coefficient (Wildman–Crippen LogP) is 4.28. The van der Waals surface area contributed by atoms with Crippen molar-refractivity contribution in [3.05, 3.63) is 48.0 Å². The summed E-state index contributed by atoms with van der Waals surface area (Å²) in [5.74, 6) is 0.878. The Balaban J connectivity index is 1.43. The van der Waals surface area contributed by atoms with Gasteiger partial charge >= 0.3 is 0 Å². The highest BCUT2D eigenvalue weighted by molar-refractivity contribution is 7.99. The van der Waals surface area contributed by atoms with E-state index in [1.54, 1.807) is 24.2 Å². The molecule has 1 amide bonds. The van der Waals surface area contributed by atoms with Crippen LogP contribution in [0.4, 0.5) is 0 Å². The van der Waals surface area contributed by atoms with E-state index in [0.29, 0.717) is 17.4 Å². The van der Waals surface area contributed by atoms with Gasteiger partial charge in [0.15, 0.2) is 0 Å². The number of rotatable bonds is 7. The lowest BCUT2D eigenvalue weighted by Gasteiger charge is -2.26. The van der Waals surface area contributed by atoms with E-state index >= 15 is 0 Å². The maximum atomic E-state index is 12.9. The van der Waals surface area contributed by atoms with Crippen LogP contribution in [0.15, 0.2) is 46.2 Å². The number of nitrogens with zero attached hydrogens (tertiary/aromatic N) is 2. The minimum absolute atomic E-state index is 0.0423. The lowest BCUT2D eigenvalue weighted by Crippen LogP contribution is -2.36. The molecule has 4 rings (SSSR count). The first kappa shape index (κ1) is 18.6. The average molecular weight is 386 g/mol. The smallest absolute Gasteiger partial charge is 0.254 e. The molecule has 1 aliphatic heterocycles. The minimum Gasteiger partial charge on any atom is -0.468 e. The number of hydrogen-bond donors (Lipinski definition) is 1. The van der Waals surface area contributed by atoms with Crippen LogP contribution in [-0.2, 0) is 0 Å². The molecule has 1 aliphatic carbocycles. The fourth-order valence-corrected chi connectivity index (χ4v) is 5.34. The van der Waals surface area contributed by atoms with E-state index in [1.807, 2.05) is 24.3 Å². The molecular weight excluding hydrogens is 358 g/mol. The summed E-state index contributed by atoms with van der Waals surface area (Å²) in [5.41, 5.74) is 0.689. The van der Waals surface area contributed by atoms with Gasteiger partial charge < -0.3 is 9.73 Å². The van der Waals surface area contributed by atoms with Crippen molar-refractivity contribution in [2.24, 2.45) is 0 Å². The molecule has 0 spiro atoms. The van der Waals surface area contributed by atoms with Gasteiger partial charge in [-0.2, -0.15) is 0 Å². The maximum absolute atomic E-state index is 12.9. The number of aromatic nitrogens is 1. The zero-order valence-corrected chi connectivity index (χ0v) is 16.4. The maximum Gasteiger partial charge on any atom is 0.254 e. The van der Waals surface area contributed by atoms with E-state index in [-0.39, 0.29) is 11.9 Å². The third-order valence-electron chi connectivity index (χ3n) is 5.51. The Hall–Kier alpha value is -1.79. The molecule has 144 valence electrons. The standard InChI is InChI=1S/C21H27N3O2S/c25-20(17-9-5-11-22-21(17)27-16-7-1-2-8-16)23-15-18(19-10-6-14-26-19)24-12-3-4-13-24/h5-6,9-11,14,16,18H,1-4,7-8,12-13,15H2,(H,23,25)/t18-/m0/s1. The summed E-state index contributed by atoms with van der Waals surface area (Å²) in [7, 11) is 0. The molecule has 6 heteroatoms. The van der Waals surface area contributed by atoms with E-state index in [0.717, 1.165) is 23.9 Å². The Labute approximate surface area is 164 Å². The first-order valence-corrected chi connectivity index (χ1v) is 10.9. The lowest BCUT2D eigenvalue weighted by atomic mass is 10.2. The summed E-state index contributed by atoms with van der Waals surface area (Å²) in [4.78, 5) is 19.8. The number of amides is 1. The summed E-state index contributed by atoms with van der Waals surface area (Å²) in [6.07, 6.45) is 10.9. The Bertz CT molecular complexity index is 738. The van der Waals surface area contributed by atoms with Crippen LogP contribution < -0.4 is 5.32 Å². The van der Waals surface area contributed by atoms with Gasteiger partial charge in [-0.15, -0.1) is 11.8 Å². The van der Waals surface area contributed by atoms with Gasteiger partial charge in [-0.05, 0) is 63.0 Å². The first-order chi connectivity index (χ1) is 13.3. The van der Waals surface area contributed by atoms with Gasteiger partial charge in [-0.3, -0.25) is 9.69 Å². The van der Waals surface area contributed by atoms with Gasteiger partial charge in [0.2, 0.25) is 0 Å². The molecule has 2 aliphatic rings. The summed E-state index contributed by atoms with van der Waals surface area (Å²) in [6, 6.07) is 7.74. The van der Waals surface area contributed by atoms with Gasteiger partial charge in [0.05, 0.1) is 17.9 Å². The third-order valence-corrected chi connectivity index (χ3v) is 6.86. The van der Waals surface area contributed by atoms with Crippen LogP contribution in [0, 0.1) is 0 Å². The Kier molecular flexibility index (Phi) is 6.14. The van der Waals surface area contributed by atoms with Crippen LogP contribution >= 0.6 is 11.8 Å². The van der Waals surface area contributed by atoms with Crippen molar-refractivity contribution in [3.63, 3.8) is 0 Å². The fourth-order valence-electron chi connectivity index (χ4n) is 4.05. The quantitative estimate of drug-likeness (QED) is 0.771. The zero-order valence-electron chi connectivity index (χ0n) is 15.6. The molecule has 2 aromatic rings. The Morgan fingerprint density at radius 2 is 2.04 bits per heavy atom. The van der Waals surface area contributed by atoms with E-state index in [1.165, 1.54) is 38.5 Å². The molecule has 27 heavy (non-hydrogen) atoms. The topological polar surface area (TPSA) is 58.4 Å². The molecule has 5 nitrogen and oxygen atoms in total. The predicted molar refractivity (Wildman–Crippen MR) is 107 cm³/mol. The normalized spacial score (nSPS) is 19.4. The zero-order chi connectivity index (χ0) is 18.5. The number of carbonyl (C=O) groups excluding carboxylic acids is 1. The second-order valence-corrected chi connectivity index (χ2v) is 8.65. The van der Waals surface area contributed by atoms with E-state index < -0.39 is 0 Å². The van der Waals surface area contributed by atoms with E-state index in [9.17, 15) is 4.79 Å². The second-order valence-electron chi connectivity index (χ2n) is 7.36. The number of furan rings is 1. The molecule has 0 bridgehead atoms. The second kappa shape index (κ2) is 8.93. The van der Waals surface area contributed by atoms with Crippen molar-refractivity contribution in [1.82, 2.24) is 15.2 Å². The number of nitrogens with one attached hydrogen (secondary N) is 1. The summed E-state index contributed by atoms with van der Waals surface area (Å²) in [5, 5.41) is 4.58. The molecule has 0 aromatic carbocycles. The highest BCUT2D eigenvalue weighted by atomic mass is 32.2. The molecule has 0 radical (unpaired) electrons. The van der Waals surface area contributed by atoms with E-state index in [2.05, 4.69) is 15.2 Å². The number of carbonyl (C=O) groups is 1. The number of hydrogen-bond acceptors (Lipinski definition) is 5. The van der Waals surface area contributed by atoms with Crippen LogP contribution in [0.1, 0.15) is 60.7 Å². The van der Waals surface area contributed by atoms with E-state index in [4.69, 9.17) is 4.42 Å². The molecule has 1 saturated carbocycles. The van der Waals surface area contributed by atoms with Crippen LogP contribution in [0.25, 0.3) is 0 Å². The average Bonchev–Trinajstić information content (AvgIpc) is 3.46. The van der Waals surface area contributed by atoms with Crippen LogP contribution in [0.3, 0.4) is 0 Å². The van der Waals surface area contributed by atoms with Crippen molar-refractivity contribution in [1.29, 1.82) is 0 Å². The van der Waals surface area contributed by atoms with Gasteiger partial charge in [0.25, 0.3) is 5.91 Å². The minimum atomic E-state index is -0.0423. The Morgan fingerprint density at radius 3 is 2.78 bits per heavy atom. The number of pyridine rings is 1. The van der Waals surface area contributed by atoms with Crippen LogP contribution in [0.5, 0.6) is 0 Å². The Morgan fingerprint density at radius 1 is 1.22 bits per heavy atom. The van der Waals surface area contributed by atoms with Crippen molar-refractivity contribution < 1.29 is 9.21 Å². The van der Waals surface area contributed by atoms with Crippen molar-refractivity contribution in [3.8, 4) is 0 Å². The van der Waals surface area contributed by atoms with Crippen molar-refractivity contribution in [2.45, 2.75) is 54.8 Å². The molecule has 1 saturated heterocycles. The molecule has 2 fully saturated rings. The summed E-state index contributed by atoms with van der Waals surface area (Å²) < 4.78 is 5.65. The molecule has 1 atom stereocenters. The van der Waals surface area contributed by atoms with Gasteiger partial charge in [-0.25, -0.2) is 4.98 Å². The van der Waals surface area contributed by atoms with Crippen LogP contribution in [0.2, 0.25) is 0 Å². The lowest BCUT2D eigenvalue weighted by molar-refractivity contribution is 0.0930. The summed E-state index contributed by atoms with van der Waals surface area (Å²) in [6.45, 7) is 2.66. The number of likely N-dealkylation sites (tertiary alicyclic amines) is 1. The monoisotopic (exact) mass is 385 g/mol. The fraction of sp³-hybridized carbons (Fsp3) is 0.524. The number of thioether (sulfide) groups is 1. The molecule has 3 heterocycles. The SMILES string of the molecule is O=C(NC[C@@H](c1ccco1)N1CCCC1)c1cccnc1SC1CCCC1. The highest BCUT2D eigenvalue weighted by Gasteiger charge is 2.27. The molecular formula is C21H27N3O2S. The highest BCUT2D eigenvalue weighted by Crippen LogP contribution is 2.35. The van der Waals surface area contributed by atoms with Crippen LogP contribution in [-0.4, -0.2) is 40.7 Å². The summed E-state index contributed by atoms with van der Waals surface area (Å²) >= 11 is 1.76. The largest absolute Gasteiger partial charge is 0.468 e. The van der Waals surface area contributed by atoms with Gasteiger partial charge in [-0.1, -0.05) is 12.8 Å². The van der Waals surface area contributed by atoms with Crippen molar-refractivity contribution >= 4 is 17.7 Å². The van der Waals surface area contributed by atoms with Gasteiger partial charge in [0, 0.05) is 18.0 Å². The molecule has 2 aromatic heterocycles. The molecule has 1 N–H and O–H groups in total. The van der Waals surface area contributed by atoms with Gasteiger partial charge in [0.1, 0.15) is 10.8 Å². The molecule has 0 unspecified atom stereocenters.